The fourth-order valence-electron chi connectivity index (χ4n) is 1.57. The first-order chi connectivity index (χ1) is 7.74. The molecule has 0 aliphatic heterocycles. The van der Waals surface area contributed by atoms with Crippen LogP contribution in [0.4, 0.5) is 0 Å². The molecule has 2 nitrogen and oxygen atoms in total. The van der Waals surface area contributed by atoms with Gasteiger partial charge >= 0.3 is 0 Å². The van der Waals surface area contributed by atoms with E-state index < -0.39 is 0 Å². The summed E-state index contributed by atoms with van der Waals surface area (Å²) in [6, 6.07) is 9.56. The second-order valence-electron chi connectivity index (χ2n) is 3.49. The Morgan fingerprint density at radius 2 is 2.06 bits per heavy atom. The first-order valence-corrected chi connectivity index (χ1v) is 5.76. The Kier molecular flexibility index (Phi) is 3.06. The van der Waals surface area contributed by atoms with Gasteiger partial charge < -0.3 is 4.74 Å². The lowest BCUT2D eigenvalue weighted by molar-refractivity contribution is 0.112. The zero-order chi connectivity index (χ0) is 11.5. The van der Waals surface area contributed by atoms with Gasteiger partial charge in [0, 0.05) is 20.9 Å². The number of methoxy groups -OCH3 is 1. The van der Waals surface area contributed by atoms with E-state index >= 15 is 0 Å². The van der Waals surface area contributed by atoms with Crippen molar-refractivity contribution < 1.29 is 9.53 Å². The molecule has 16 heavy (non-hydrogen) atoms. The second kappa shape index (κ2) is 4.49. The van der Waals surface area contributed by atoms with Crippen LogP contribution < -0.4 is 4.74 Å². The zero-order valence-electron chi connectivity index (χ0n) is 9.19. The molecule has 0 N–H and O–H groups in total. The summed E-state index contributed by atoms with van der Waals surface area (Å²) >= 11 is 1.69. The summed E-state index contributed by atoms with van der Waals surface area (Å²) in [4.78, 5) is 13.1. The third kappa shape index (κ3) is 1.99. The van der Waals surface area contributed by atoms with E-state index in [1.807, 2.05) is 18.2 Å². The van der Waals surface area contributed by atoms with Crippen LogP contribution in [0.5, 0.6) is 5.75 Å². The Morgan fingerprint density at radius 3 is 2.62 bits per heavy atom. The Hall–Kier alpha value is -1.61. The highest BCUT2D eigenvalue weighted by atomic mass is 32.1. The van der Waals surface area contributed by atoms with Crippen molar-refractivity contribution >= 4 is 17.6 Å². The van der Waals surface area contributed by atoms with Gasteiger partial charge in [0.1, 0.15) is 12.0 Å². The van der Waals surface area contributed by atoms with Gasteiger partial charge in [0.25, 0.3) is 0 Å². The molecule has 0 radical (unpaired) electrons. The Balaban J connectivity index is 2.56. The Labute approximate surface area is 98.5 Å². The maximum Gasteiger partial charge on any atom is 0.150 e. The van der Waals surface area contributed by atoms with Gasteiger partial charge in [-0.1, -0.05) is 0 Å². The molecule has 0 aliphatic carbocycles. The molecule has 0 unspecified atom stereocenters. The first kappa shape index (κ1) is 10.9. The lowest BCUT2D eigenvalue weighted by Crippen LogP contribution is -1.88. The highest BCUT2D eigenvalue weighted by Crippen LogP contribution is 2.35. The molecule has 2 aromatic rings. The molecule has 0 saturated carbocycles. The SMILES string of the molecule is COc1ccc(C=O)cc1-c1ccc(C)s1. The van der Waals surface area contributed by atoms with Crippen molar-refractivity contribution in [3.63, 3.8) is 0 Å². The maximum atomic E-state index is 10.8. The number of carbonyl (C=O) groups is 1. The van der Waals surface area contributed by atoms with Crippen molar-refractivity contribution in [1.82, 2.24) is 0 Å². The summed E-state index contributed by atoms with van der Waals surface area (Å²) in [6.07, 6.45) is 0.851. The van der Waals surface area contributed by atoms with Crippen LogP contribution in [0.2, 0.25) is 0 Å². The number of aryl methyl sites for hydroxylation is 1. The van der Waals surface area contributed by atoms with E-state index in [1.165, 1.54) is 4.88 Å². The lowest BCUT2D eigenvalue weighted by Gasteiger charge is -2.06. The standard InChI is InChI=1S/C13H12O2S/c1-9-3-6-13(16-9)11-7-10(8-14)4-5-12(11)15-2/h3-8H,1-2H3. The molecule has 1 aromatic carbocycles. The average molecular weight is 232 g/mol. The Bertz CT molecular complexity index is 514. The van der Waals surface area contributed by atoms with Crippen molar-refractivity contribution in [1.29, 1.82) is 0 Å². The molecule has 0 spiro atoms. The minimum atomic E-state index is 0.668. The summed E-state index contributed by atoms with van der Waals surface area (Å²) in [5.41, 5.74) is 1.65. The van der Waals surface area contributed by atoms with E-state index in [1.54, 1.807) is 24.5 Å². The van der Waals surface area contributed by atoms with Gasteiger partial charge in [-0.2, -0.15) is 0 Å². The molecule has 0 saturated heterocycles. The topological polar surface area (TPSA) is 26.3 Å². The summed E-state index contributed by atoms with van der Waals surface area (Å²) in [5, 5.41) is 0. The molecule has 0 aliphatic rings. The minimum Gasteiger partial charge on any atom is -0.496 e. The molecular weight excluding hydrogens is 220 g/mol. The molecule has 3 heteroatoms. The number of aldehydes is 1. The molecule has 0 atom stereocenters. The maximum absolute atomic E-state index is 10.8. The number of rotatable bonds is 3. The third-order valence-corrected chi connectivity index (χ3v) is 3.40. The number of thiophene rings is 1. The van der Waals surface area contributed by atoms with Gasteiger partial charge in [0.05, 0.1) is 7.11 Å². The van der Waals surface area contributed by atoms with Crippen LogP contribution in [0.3, 0.4) is 0 Å². The fourth-order valence-corrected chi connectivity index (χ4v) is 2.46. The van der Waals surface area contributed by atoms with Crippen molar-refractivity contribution in [3.8, 4) is 16.2 Å². The Morgan fingerprint density at radius 1 is 1.25 bits per heavy atom. The van der Waals surface area contributed by atoms with E-state index in [-0.39, 0.29) is 0 Å². The van der Waals surface area contributed by atoms with E-state index in [2.05, 4.69) is 13.0 Å². The van der Waals surface area contributed by atoms with Crippen molar-refractivity contribution in [2.24, 2.45) is 0 Å². The minimum absolute atomic E-state index is 0.668. The number of carbonyl (C=O) groups excluding carboxylic acids is 1. The lowest BCUT2D eigenvalue weighted by atomic mass is 10.1. The van der Waals surface area contributed by atoms with Crippen molar-refractivity contribution in [3.05, 3.63) is 40.8 Å². The van der Waals surface area contributed by atoms with E-state index in [9.17, 15) is 4.79 Å². The molecular formula is C13H12O2S. The van der Waals surface area contributed by atoms with E-state index in [4.69, 9.17) is 4.74 Å². The second-order valence-corrected chi connectivity index (χ2v) is 4.78. The largest absolute Gasteiger partial charge is 0.496 e. The summed E-state index contributed by atoms with van der Waals surface area (Å²) < 4.78 is 5.30. The summed E-state index contributed by atoms with van der Waals surface area (Å²) in [5.74, 6) is 0.799. The molecule has 2 rings (SSSR count). The molecule has 82 valence electrons. The smallest absolute Gasteiger partial charge is 0.150 e. The monoisotopic (exact) mass is 232 g/mol. The van der Waals surface area contributed by atoms with Crippen LogP contribution >= 0.6 is 11.3 Å². The van der Waals surface area contributed by atoms with Gasteiger partial charge in [0.15, 0.2) is 0 Å². The van der Waals surface area contributed by atoms with Crippen LogP contribution in [-0.4, -0.2) is 13.4 Å². The van der Waals surface area contributed by atoms with Gasteiger partial charge in [-0.25, -0.2) is 0 Å². The highest BCUT2D eigenvalue weighted by Gasteiger charge is 2.08. The number of hydrogen-bond donors (Lipinski definition) is 0. The van der Waals surface area contributed by atoms with Crippen LogP contribution in [0.25, 0.3) is 10.4 Å². The van der Waals surface area contributed by atoms with Crippen LogP contribution in [0.1, 0.15) is 15.2 Å². The van der Waals surface area contributed by atoms with Crippen LogP contribution in [0.15, 0.2) is 30.3 Å². The number of ether oxygens (including phenoxy) is 1. The van der Waals surface area contributed by atoms with Gasteiger partial charge in [-0.3, -0.25) is 4.79 Å². The molecule has 1 heterocycles. The highest BCUT2D eigenvalue weighted by molar-refractivity contribution is 7.15. The first-order valence-electron chi connectivity index (χ1n) is 4.94. The predicted molar refractivity (Wildman–Crippen MR) is 66.4 cm³/mol. The van der Waals surface area contributed by atoms with Gasteiger partial charge in [-0.15, -0.1) is 11.3 Å². The summed E-state index contributed by atoms with van der Waals surface area (Å²) in [7, 11) is 1.64. The predicted octanol–water partition coefficient (Wildman–Crippen LogP) is 3.54. The average Bonchev–Trinajstić information content (AvgIpc) is 2.75. The fraction of sp³-hybridized carbons (Fsp3) is 0.154. The normalized spacial score (nSPS) is 10.1. The molecule has 0 fully saturated rings. The molecule has 1 aromatic heterocycles. The third-order valence-electron chi connectivity index (χ3n) is 2.37. The van der Waals surface area contributed by atoms with Crippen LogP contribution in [0, 0.1) is 6.92 Å². The van der Waals surface area contributed by atoms with Crippen LogP contribution in [-0.2, 0) is 0 Å². The van der Waals surface area contributed by atoms with Gasteiger partial charge in [0.2, 0.25) is 0 Å². The van der Waals surface area contributed by atoms with Crippen molar-refractivity contribution in [2.45, 2.75) is 6.92 Å². The van der Waals surface area contributed by atoms with E-state index in [0.717, 1.165) is 22.5 Å². The molecule has 0 bridgehead atoms. The van der Waals surface area contributed by atoms with Gasteiger partial charge in [-0.05, 0) is 37.3 Å². The summed E-state index contributed by atoms with van der Waals surface area (Å²) in [6.45, 7) is 2.06. The zero-order valence-corrected chi connectivity index (χ0v) is 10.0. The number of benzene rings is 1. The quantitative estimate of drug-likeness (QED) is 0.756. The van der Waals surface area contributed by atoms with E-state index in [0.29, 0.717) is 5.56 Å². The number of hydrogen-bond acceptors (Lipinski definition) is 3. The molecule has 0 amide bonds. The van der Waals surface area contributed by atoms with Crippen molar-refractivity contribution in [2.75, 3.05) is 7.11 Å².